The predicted molar refractivity (Wildman–Crippen MR) is 70.8 cm³/mol. The minimum Gasteiger partial charge on any atom is -0.331 e. The molecular formula is C13H19F2N3O. The van der Waals surface area contributed by atoms with Crippen LogP contribution in [0, 0.1) is 17.6 Å². The third-order valence-corrected chi connectivity index (χ3v) is 3.28. The van der Waals surface area contributed by atoms with Gasteiger partial charge in [0.25, 0.3) is 0 Å². The molecule has 4 N–H and O–H groups in total. The van der Waals surface area contributed by atoms with Gasteiger partial charge in [-0.1, -0.05) is 13.8 Å². The van der Waals surface area contributed by atoms with Crippen LogP contribution in [-0.2, 0) is 0 Å². The number of halogens is 2. The van der Waals surface area contributed by atoms with E-state index in [1.54, 1.807) is 6.92 Å². The van der Waals surface area contributed by atoms with E-state index in [4.69, 9.17) is 5.73 Å². The molecule has 1 rings (SSSR count). The van der Waals surface area contributed by atoms with E-state index in [1.165, 1.54) is 6.07 Å². The van der Waals surface area contributed by atoms with Gasteiger partial charge in [0.1, 0.15) is 11.6 Å². The molecule has 0 aliphatic rings. The molecule has 0 spiro atoms. The summed E-state index contributed by atoms with van der Waals surface area (Å²) in [6, 6.07) is 2.37. The summed E-state index contributed by atoms with van der Waals surface area (Å²) in [4.78, 5) is 11.8. The molecule has 0 fully saturated rings. The highest BCUT2D eigenvalue weighted by molar-refractivity contribution is 5.89. The van der Waals surface area contributed by atoms with Crippen LogP contribution in [0.5, 0.6) is 0 Å². The van der Waals surface area contributed by atoms with Crippen molar-refractivity contribution < 1.29 is 13.6 Å². The van der Waals surface area contributed by atoms with Gasteiger partial charge in [0.2, 0.25) is 0 Å². The molecule has 6 heteroatoms. The molecule has 0 aliphatic heterocycles. The van der Waals surface area contributed by atoms with Gasteiger partial charge in [-0.05, 0) is 25.0 Å². The van der Waals surface area contributed by atoms with Gasteiger partial charge in [-0.15, -0.1) is 0 Å². The highest BCUT2D eigenvalue weighted by Crippen LogP contribution is 2.17. The standard InChI is InChI=1S/C13H19F2N3O/c1-8(2)13(3,7-16)18-12(19)17-11-5-4-9(14)6-10(11)15/h4-6,8H,7,16H2,1-3H3,(H2,17,18,19). The van der Waals surface area contributed by atoms with Crippen molar-refractivity contribution in [2.75, 3.05) is 11.9 Å². The van der Waals surface area contributed by atoms with Crippen molar-refractivity contribution >= 4 is 11.7 Å². The summed E-state index contributed by atoms with van der Waals surface area (Å²) in [7, 11) is 0. The SMILES string of the molecule is CC(C)C(C)(CN)NC(=O)Nc1ccc(F)cc1F. The normalized spacial score (nSPS) is 14.1. The smallest absolute Gasteiger partial charge is 0.319 e. The average molecular weight is 271 g/mol. The van der Waals surface area contributed by atoms with Crippen LogP contribution in [0.25, 0.3) is 0 Å². The van der Waals surface area contributed by atoms with Gasteiger partial charge in [0, 0.05) is 12.6 Å². The number of benzene rings is 1. The molecule has 1 aromatic rings. The van der Waals surface area contributed by atoms with Crippen molar-refractivity contribution in [3.63, 3.8) is 0 Å². The summed E-state index contributed by atoms with van der Waals surface area (Å²) in [6.45, 7) is 5.90. The van der Waals surface area contributed by atoms with Gasteiger partial charge >= 0.3 is 6.03 Å². The lowest BCUT2D eigenvalue weighted by Crippen LogP contribution is -2.56. The Kier molecular flexibility index (Phi) is 4.83. The number of carbonyl (C=O) groups is 1. The number of carbonyl (C=O) groups excluding carboxylic acids is 1. The van der Waals surface area contributed by atoms with Crippen LogP contribution in [0.15, 0.2) is 18.2 Å². The summed E-state index contributed by atoms with van der Waals surface area (Å²) in [6.07, 6.45) is 0. The van der Waals surface area contributed by atoms with E-state index in [-0.39, 0.29) is 18.2 Å². The predicted octanol–water partition coefficient (Wildman–Crippen LogP) is 2.46. The van der Waals surface area contributed by atoms with E-state index in [0.717, 1.165) is 6.07 Å². The van der Waals surface area contributed by atoms with Crippen molar-refractivity contribution in [3.8, 4) is 0 Å². The maximum Gasteiger partial charge on any atom is 0.319 e. The van der Waals surface area contributed by atoms with E-state index in [1.807, 2.05) is 13.8 Å². The summed E-state index contributed by atoms with van der Waals surface area (Å²) >= 11 is 0. The van der Waals surface area contributed by atoms with Crippen molar-refractivity contribution in [1.82, 2.24) is 5.32 Å². The molecular weight excluding hydrogens is 252 g/mol. The number of nitrogens with two attached hydrogens (primary N) is 1. The minimum atomic E-state index is -0.825. The monoisotopic (exact) mass is 271 g/mol. The summed E-state index contributed by atoms with van der Waals surface area (Å²) < 4.78 is 26.1. The maximum absolute atomic E-state index is 13.4. The van der Waals surface area contributed by atoms with Crippen LogP contribution >= 0.6 is 0 Å². The number of urea groups is 1. The molecule has 1 aromatic carbocycles. The second-order valence-electron chi connectivity index (χ2n) is 4.98. The molecule has 19 heavy (non-hydrogen) atoms. The van der Waals surface area contributed by atoms with Gasteiger partial charge in [-0.3, -0.25) is 0 Å². The average Bonchev–Trinajstić information content (AvgIpc) is 2.32. The largest absolute Gasteiger partial charge is 0.331 e. The van der Waals surface area contributed by atoms with Gasteiger partial charge in [-0.25, -0.2) is 13.6 Å². The number of rotatable bonds is 4. The fourth-order valence-electron chi connectivity index (χ4n) is 1.43. The maximum atomic E-state index is 13.4. The van der Waals surface area contributed by atoms with E-state index < -0.39 is 23.2 Å². The highest BCUT2D eigenvalue weighted by atomic mass is 19.1. The van der Waals surface area contributed by atoms with Crippen LogP contribution in [-0.4, -0.2) is 18.1 Å². The Balaban J connectivity index is 2.75. The fraction of sp³-hybridized carbons (Fsp3) is 0.462. The molecule has 2 amide bonds. The Hall–Kier alpha value is -1.69. The van der Waals surface area contributed by atoms with Crippen LogP contribution in [0.3, 0.4) is 0 Å². The van der Waals surface area contributed by atoms with Gasteiger partial charge in [-0.2, -0.15) is 0 Å². The fourth-order valence-corrected chi connectivity index (χ4v) is 1.43. The third-order valence-electron chi connectivity index (χ3n) is 3.28. The van der Waals surface area contributed by atoms with E-state index in [2.05, 4.69) is 10.6 Å². The summed E-state index contributed by atoms with van der Waals surface area (Å²) in [5.41, 5.74) is 4.96. The molecule has 4 nitrogen and oxygen atoms in total. The molecule has 0 radical (unpaired) electrons. The van der Waals surface area contributed by atoms with Gasteiger partial charge in [0.15, 0.2) is 0 Å². The summed E-state index contributed by atoms with van der Waals surface area (Å²) in [5.74, 6) is -1.41. The zero-order valence-electron chi connectivity index (χ0n) is 11.3. The number of nitrogens with one attached hydrogen (secondary N) is 2. The molecule has 0 saturated carbocycles. The van der Waals surface area contributed by atoms with Crippen LogP contribution in [0.2, 0.25) is 0 Å². The van der Waals surface area contributed by atoms with E-state index in [9.17, 15) is 13.6 Å². The third kappa shape index (κ3) is 3.89. The molecule has 0 bridgehead atoms. The minimum absolute atomic E-state index is 0.0815. The van der Waals surface area contributed by atoms with Crippen LogP contribution in [0.4, 0.5) is 19.3 Å². The zero-order valence-corrected chi connectivity index (χ0v) is 11.3. The van der Waals surface area contributed by atoms with Crippen molar-refractivity contribution in [2.45, 2.75) is 26.3 Å². The topological polar surface area (TPSA) is 67.1 Å². The molecule has 0 heterocycles. The second kappa shape index (κ2) is 5.97. The van der Waals surface area contributed by atoms with E-state index >= 15 is 0 Å². The first kappa shape index (κ1) is 15.4. The molecule has 0 aliphatic carbocycles. The number of amides is 2. The first-order valence-corrected chi connectivity index (χ1v) is 6.03. The molecule has 1 unspecified atom stereocenters. The molecule has 1 atom stereocenters. The lowest BCUT2D eigenvalue weighted by atomic mass is 9.89. The molecule has 106 valence electrons. The van der Waals surface area contributed by atoms with Crippen LogP contribution in [0.1, 0.15) is 20.8 Å². The number of hydrogen-bond donors (Lipinski definition) is 3. The Bertz CT molecular complexity index is 465. The van der Waals surface area contributed by atoms with Gasteiger partial charge in [0.05, 0.1) is 11.2 Å². The summed E-state index contributed by atoms with van der Waals surface area (Å²) in [5, 5.41) is 5.03. The first-order valence-electron chi connectivity index (χ1n) is 6.03. The number of hydrogen-bond acceptors (Lipinski definition) is 2. The Morgan fingerprint density at radius 1 is 1.42 bits per heavy atom. The number of anilines is 1. The van der Waals surface area contributed by atoms with Crippen molar-refractivity contribution in [1.29, 1.82) is 0 Å². The lowest BCUT2D eigenvalue weighted by molar-refractivity contribution is 0.225. The molecule has 0 saturated heterocycles. The second-order valence-corrected chi connectivity index (χ2v) is 4.98. The van der Waals surface area contributed by atoms with Crippen molar-refractivity contribution in [2.24, 2.45) is 11.7 Å². The van der Waals surface area contributed by atoms with Crippen LogP contribution < -0.4 is 16.4 Å². The highest BCUT2D eigenvalue weighted by Gasteiger charge is 2.28. The Morgan fingerprint density at radius 3 is 2.53 bits per heavy atom. The lowest BCUT2D eigenvalue weighted by Gasteiger charge is -2.33. The quantitative estimate of drug-likeness (QED) is 0.787. The van der Waals surface area contributed by atoms with E-state index in [0.29, 0.717) is 6.07 Å². The zero-order chi connectivity index (χ0) is 14.6. The van der Waals surface area contributed by atoms with Gasteiger partial charge < -0.3 is 16.4 Å². The van der Waals surface area contributed by atoms with Crippen molar-refractivity contribution in [3.05, 3.63) is 29.8 Å². The Labute approximate surface area is 111 Å². The first-order chi connectivity index (χ1) is 8.78. The molecule has 0 aromatic heterocycles. The Morgan fingerprint density at radius 2 is 2.05 bits per heavy atom.